The number of halogens is 1. The van der Waals surface area contributed by atoms with Crippen molar-refractivity contribution < 1.29 is 4.74 Å². The van der Waals surface area contributed by atoms with E-state index >= 15 is 0 Å². The third kappa shape index (κ3) is 2.99. The maximum Gasteiger partial charge on any atom is 0.135 e. The highest BCUT2D eigenvalue weighted by atomic mass is 35.5. The molecule has 0 saturated heterocycles. The van der Waals surface area contributed by atoms with Crippen LogP contribution in [0.3, 0.4) is 0 Å². The molecule has 1 heterocycles. The third-order valence-corrected chi connectivity index (χ3v) is 3.15. The molecular formula is C14H15ClN2O. The van der Waals surface area contributed by atoms with Crippen LogP contribution in [-0.4, -0.2) is 17.1 Å². The van der Waals surface area contributed by atoms with Crippen molar-refractivity contribution in [2.75, 3.05) is 7.11 Å². The number of benzene rings is 1. The molecule has 0 saturated carbocycles. The second kappa shape index (κ2) is 5.83. The van der Waals surface area contributed by atoms with E-state index in [1.165, 1.54) is 0 Å². The molecule has 0 spiro atoms. The number of methoxy groups -OCH3 is 1. The van der Waals surface area contributed by atoms with Gasteiger partial charge in [0.2, 0.25) is 0 Å². The lowest BCUT2D eigenvalue weighted by Gasteiger charge is -2.07. The summed E-state index contributed by atoms with van der Waals surface area (Å²) in [6.45, 7) is 1.90. The molecule has 2 aromatic rings. The van der Waals surface area contributed by atoms with Crippen LogP contribution in [0, 0.1) is 6.92 Å². The molecule has 3 nitrogen and oxygen atoms in total. The number of hydrogen-bond donors (Lipinski definition) is 0. The predicted octanol–water partition coefficient (Wildman–Crippen LogP) is 3.23. The lowest BCUT2D eigenvalue weighted by atomic mass is 10.1. The molecule has 0 atom stereocenters. The van der Waals surface area contributed by atoms with Gasteiger partial charge in [-0.15, -0.1) is 0 Å². The van der Waals surface area contributed by atoms with E-state index in [0.29, 0.717) is 5.15 Å². The fourth-order valence-electron chi connectivity index (χ4n) is 1.73. The lowest BCUT2D eigenvalue weighted by Crippen LogP contribution is -2.00. The van der Waals surface area contributed by atoms with E-state index in [2.05, 4.69) is 16.0 Å². The Morgan fingerprint density at radius 3 is 2.72 bits per heavy atom. The Morgan fingerprint density at radius 2 is 2.00 bits per heavy atom. The molecule has 0 N–H and O–H groups in total. The van der Waals surface area contributed by atoms with E-state index in [-0.39, 0.29) is 0 Å². The summed E-state index contributed by atoms with van der Waals surface area (Å²) in [6, 6.07) is 7.97. The van der Waals surface area contributed by atoms with E-state index < -0.39 is 0 Å². The standard InChI is InChI=1S/C14H15ClN2O/c1-10-9-16-13(17-14(10)15)8-7-11-5-3-4-6-12(11)18-2/h3-6,9H,7-8H2,1-2H3. The number of para-hydroxylation sites is 1. The van der Waals surface area contributed by atoms with Crippen molar-refractivity contribution >= 4 is 11.6 Å². The van der Waals surface area contributed by atoms with Gasteiger partial charge in [-0.2, -0.15) is 0 Å². The van der Waals surface area contributed by atoms with Gasteiger partial charge in [0.25, 0.3) is 0 Å². The van der Waals surface area contributed by atoms with Crippen molar-refractivity contribution in [2.24, 2.45) is 0 Å². The summed E-state index contributed by atoms with van der Waals surface area (Å²) in [5, 5.41) is 0.528. The molecule has 0 radical (unpaired) electrons. The van der Waals surface area contributed by atoms with Crippen LogP contribution in [0.5, 0.6) is 5.75 Å². The molecule has 0 amide bonds. The summed E-state index contributed by atoms with van der Waals surface area (Å²) in [5.74, 6) is 1.66. The zero-order valence-electron chi connectivity index (χ0n) is 10.5. The topological polar surface area (TPSA) is 35.0 Å². The molecule has 0 aliphatic carbocycles. The number of hydrogen-bond acceptors (Lipinski definition) is 3. The average Bonchev–Trinajstić information content (AvgIpc) is 2.40. The molecular weight excluding hydrogens is 248 g/mol. The summed E-state index contributed by atoms with van der Waals surface area (Å²) in [7, 11) is 1.68. The molecule has 18 heavy (non-hydrogen) atoms. The van der Waals surface area contributed by atoms with Gasteiger partial charge in [0.15, 0.2) is 0 Å². The highest BCUT2D eigenvalue weighted by Crippen LogP contribution is 2.19. The molecule has 0 fully saturated rings. The van der Waals surface area contributed by atoms with Crippen LogP contribution in [0.15, 0.2) is 30.5 Å². The van der Waals surface area contributed by atoms with E-state index in [1.807, 2.05) is 25.1 Å². The molecule has 4 heteroatoms. The summed E-state index contributed by atoms with van der Waals surface area (Å²) in [6.07, 6.45) is 3.34. The van der Waals surface area contributed by atoms with Crippen molar-refractivity contribution in [3.63, 3.8) is 0 Å². The minimum absolute atomic E-state index is 0.528. The van der Waals surface area contributed by atoms with Crippen molar-refractivity contribution in [1.82, 2.24) is 9.97 Å². The normalized spacial score (nSPS) is 10.4. The van der Waals surface area contributed by atoms with Gasteiger partial charge in [-0.25, -0.2) is 9.97 Å². The largest absolute Gasteiger partial charge is 0.496 e. The first-order valence-electron chi connectivity index (χ1n) is 5.80. The van der Waals surface area contributed by atoms with Crippen molar-refractivity contribution in [3.05, 3.63) is 52.6 Å². The maximum absolute atomic E-state index is 5.98. The molecule has 0 unspecified atom stereocenters. The van der Waals surface area contributed by atoms with Gasteiger partial charge in [0, 0.05) is 18.2 Å². The molecule has 2 rings (SSSR count). The third-order valence-electron chi connectivity index (χ3n) is 2.77. The summed E-state index contributed by atoms with van der Waals surface area (Å²) in [4.78, 5) is 8.53. The Labute approximate surface area is 112 Å². The van der Waals surface area contributed by atoms with E-state index in [9.17, 15) is 0 Å². The lowest BCUT2D eigenvalue weighted by molar-refractivity contribution is 0.409. The zero-order chi connectivity index (χ0) is 13.0. The van der Waals surface area contributed by atoms with E-state index in [4.69, 9.17) is 16.3 Å². The van der Waals surface area contributed by atoms with Crippen LogP contribution in [-0.2, 0) is 12.8 Å². The SMILES string of the molecule is COc1ccccc1CCc1ncc(C)c(Cl)n1. The second-order valence-electron chi connectivity index (χ2n) is 4.07. The Hall–Kier alpha value is -1.61. The number of nitrogens with zero attached hydrogens (tertiary/aromatic N) is 2. The smallest absolute Gasteiger partial charge is 0.135 e. The number of rotatable bonds is 4. The van der Waals surface area contributed by atoms with Gasteiger partial charge in [0.1, 0.15) is 16.7 Å². The number of ether oxygens (including phenoxy) is 1. The number of aromatic nitrogens is 2. The predicted molar refractivity (Wildman–Crippen MR) is 72.2 cm³/mol. The van der Waals surface area contributed by atoms with Crippen LogP contribution < -0.4 is 4.74 Å². The fraction of sp³-hybridized carbons (Fsp3) is 0.286. The summed E-state index contributed by atoms with van der Waals surface area (Å²) >= 11 is 5.98. The Kier molecular flexibility index (Phi) is 4.15. The monoisotopic (exact) mass is 262 g/mol. The first kappa shape index (κ1) is 12.8. The highest BCUT2D eigenvalue weighted by Gasteiger charge is 2.05. The molecule has 0 aliphatic heterocycles. The first-order valence-corrected chi connectivity index (χ1v) is 6.18. The summed E-state index contributed by atoms with van der Waals surface area (Å²) in [5.41, 5.74) is 2.05. The fourth-order valence-corrected chi connectivity index (χ4v) is 1.88. The van der Waals surface area contributed by atoms with Crippen molar-refractivity contribution in [1.29, 1.82) is 0 Å². The molecule has 94 valence electrons. The van der Waals surface area contributed by atoms with E-state index in [1.54, 1.807) is 13.3 Å². The van der Waals surface area contributed by atoms with Crippen molar-refractivity contribution in [2.45, 2.75) is 19.8 Å². The number of aryl methyl sites for hydroxylation is 3. The van der Waals surface area contributed by atoms with Gasteiger partial charge in [0.05, 0.1) is 7.11 Å². The van der Waals surface area contributed by atoms with Crippen LogP contribution in [0.25, 0.3) is 0 Å². The van der Waals surface area contributed by atoms with Gasteiger partial charge in [-0.3, -0.25) is 0 Å². The van der Waals surface area contributed by atoms with Crippen LogP contribution in [0.1, 0.15) is 17.0 Å². The Balaban J connectivity index is 2.09. The van der Waals surface area contributed by atoms with Crippen LogP contribution in [0.4, 0.5) is 0 Å². The minimum atomic E-state index is 0.528. The van der Waals surface area contributed by atoms with Crippen molar-refractivity contribution in [3.8, 4) is 5.75 Å². The van der Waals surface area contributed by atoms with Gasteiger partial charge < -0.3 is 4.74 Å². The Morgan fingerprint density at radius 1 is 1.22 bits per heavy atom. The molecule has 0 bridgehead atoms. The average molecular weight is 263 g/mol. The van der Waals surface area contributed by atoms with E-state index in [0.717, 1.165) is 35.5 Å². The van der Waals surface area contributed by atoms with Crippen LogP contribution >= 0.6 is 11.6 Å². The highest BCUT2D eigenvalue weighted by molar-refractivity contribution is 6.30. The van der Waals surface area contributed by atoms with Gasteiger partial charge in [-0.1, -0.05) is 29.8 Å². The van der Waals surface area contributed by atoms with Crippen LogP contribution in [0.2, 0.25) is 5.15 Å². The quantitative estimate of drug-likeness (QED) is 0.794. The Bertz CT molecular complexity index is 543. The molecule has 0 aliphatic rings. The van der Waals surface area contributed by atoms with Gasteiger partial charge in [-0.05, 0) is 25.0 Å². The minimum Gasteiger partial charge on any atom is -0.496 e. The maximum atomic E-state index is 5.98. The molecule has 1 aromatic heterocycles. The zero-order valence-corrected chi connectivity index (χ0v) is 11.2. The first-order chi connectivity index (χ1) is 8.70. The summed E-state index contributed by atoms with van der Waals surface area (Å²) < 4.78 is 5.31. The molecule has 1 aromatic carbocycles. The second-order valence-corrected chi connectivity index (χ2v) is 4.43. The van der Waals surface area contributed by atoms with Gasteiger partial charge >= 0.3 is 0 Å².